The van der Waals surface area contributed by atoms with E-state index in [1.807, 2.05) is 44.1 Å². The van der Waals surface area contributed by atoms with Crippen LogP contribution in [0.1, 0.15) is 0 Å². The Morgan fingerprint density at radius 1 is 0.577 bits per heavy atom. The highest BCUT2D eigenvalue weighted by molar-refractivity contribution is 6.92. The molecular formula is C15H36O6Si5. The second kappa shape index (κ2) is 9.51. The van der Waals surface area contributed by atoms with Crippen molar-refractivity contribution in [1.82, 2.24) is 0 Å². The van der Waals surface area contributed by atoms with Crippen LogP contribution in [0.2, 0.25) is 45.8 Å². The van der Waals surface area contributed by atoms with Gasteiger partial charge in [0.25, 0.3) is 0 Å². The van der Waals surface area contributed by atoms with Gasteiger partial charge in [-0.15, -0.1) is 19.7 Å². The second-order valence-electron chi connectivity index (χ2n) is 7.55. The lowest BCUT2D eigenvalue weighted by Crippen LogP contribution is -2.62. The van der Waals surface area contributed by atoms with Crippen molar-refractivity contribution in [2.45, 2.75) is 45.8 Å². The van der Waals surface area contributed by atoms with Crippen LogP contribution in [0.4, 0.5) is 0 Å². The summed E-state index contributed by atoms with van der Waals surface area (Å²) in [6.07, 6.45) is 0. The summed E-state index contributed by atoms with van der Waals surface area (Å²) >= 11 is 0. The topological polar surface area (TPSA) is 55.4 Å². The minimum Gasteiger partial charge on any atom is -0.430 e. The van der Waals surface area contributed by atoms with Crippen LogP contribution in [0.3, 0.4) is 0 Å². The Balaban J connectivity index is 5.53. The molecule has 0 aromatic rings. The molecule has 1 atom stereocenters. The molecule has 26 heavy (non-hydrogen) atoms. The first kappa shape index (κ1) is 26.1. The Hall–Kier alpha value is 0.0644. The van der Waals surface area contributed by atoms with Crippen LogP contribution in [-0.2, 0) is 25.3 Å². The molecule has 0 rings (SSSR count). The maximum absolute atomic E-state index is 6.41. The molecule has 0 fully saturated rings. The number of hydrogen-bond donors (Lipinski definition) is 0. The quantitative estimate of drug-likeness (QED) is 0.391. The Labute approximate surface area is 165 Å². The van der Waals surface area contributed by atoms with Gasteiger partial charge in [-0.2, -0.15) is 0 Å². The SMILES string of the molecule is C=C[Si](C)(C)O[Si](C)(C=C)O[Si](C)(C)O[Si](OC)(OC)O[Si](C)(C)C=C. The van der Waals surface area contributed by atoms with Crippen molar-refractivity contribution in [1.29, 1.82) is 0 Å². The van der Waals surface area contributed by atoms with E-state index < -0.39 is 42.8 Å². The van der Waals surface area contributed by atoms with Crippen molar-refractivity contribution in [2.75, 3.05) is 14.2 Å². The van der Waals surface area contributed by atoms with Gasteiger partial charge < -0.3 is 25.3 Å². The molecule has 152 valence electrons. The first-order valence-corrected chi connectivity index (χ1v) is 21.3. The Morgan fingerprint density at radius 3 is 1.35 bits per heavy atom. The Kier molecular flexibility index (Phi) is 9.53. The van der Waals surface area contributed by atoms with E-state index in [4.69, 9.17) is 25.3 Å². The zero-order chi connectivity index (χ0) is 20.9. The normalized spacial score (nSPS) is 16.0. The van der Waals surface area contributed by atoms with Crippen molar-refractivity contribution in [3.05, 3.63) is 36.8 Å². The lowest BCUT2D eigenvalue weighted by atomic mass is 11.3. The van der Waals surface area contributed by atoms with Gasteiger partial charge in [0.15, 0.2) is 8.32 Å². The molecule has 0 aliphatic carbocycles. The molecule has 0 saturated heterocycles. The smallest absolute Gasteiger partial charge is 0.430 e. The first-order valence-electron chi connectivity index (χ1n) is 8.45. The van der Waals surface area contributed by atoms with E-state index in [0.29, 0.717) is 0 Å². The van der Waals surface area contributed by atoms with Gasteiger partial charge in [-0.3, -0.25) is 0 Å². The molecule has 0 saturated carbocycles. The first-order chi connectivity index (χ1) is 11.6. The molecule has 0 bridgehead atoms. The molecule has 0 aromatic carbocycles. The highest BCUT2D eigenvalue weighted by Gasteiger charge is 2.54. The minimum absolute atomic E-state index is 1.53. The van der Waals surface area contributed by atoms with Crippen LogP contribution in [0.5, 0.6) is 0 Å². The molecule has 0 aliphatic rings. The molecule has 0 heterocycles. The summed E-state index contributed by atoms with van der Waals surface area (Å²) in [5, 5.41) is 0. The summed E-state index contributed by atoms with van der Waals surface area (Å²) in [6.45, 7) is 25.6. The predicted octanol–water partition coefficient (Wildman–Crippen LogP) is 4.14. The van der Waals surface area contributed by atoms with Crippen LogP contribution >= 0.6 is 0 Å². The van der Waals surface area contributed by atoms with Gasteiger partial charge >= 0.3 is 26.2 Å². The zero-order valence-electron chi connectivity index (χ0n) is 17.8. The molecule has 0 aliphatic heterocycles. The third-order valence-corrected chi connectivity index (χ3v) is 20.6. The standard InChI is InChI=1S/C15H36O6Si5/c1-13-22(6,7)18-25(12,15-3)20-24(10,11)21-26(16-4,17-5)19-23(8,9)14-2/h13-15H,1-3H2,4-12H3. The molecule has 1 unspecified atom stereocenters. The monoisotopic (exact) mass is 452 g/mol. The average molecular weight is 453 g/mol. The Bertz CT molecular complexity index is 507. The van der Waals surface area contributed by atoms with E-state index in [-0.39, 0.29) is 0 Å². The fourth-order valence-corrected chi connectivity index (χ4v) is 19.6. The summed E-state index contributed by atoms with van der Waals surface area (Å²) in [4.78, 5) is 0. The van der Waals surface area contributed by atoms with E-state index in [0.717, 1.165) is 0 Å². The highest BCUT2D eigenvalue weighted by Crippen LogP contribution is 2.27. The van der Waals surface area contributed by atoms with E-state index in [1.54, 1.807) is 5.70 Å². The van der Waals surface area contributed by atoms with Crippen LogP contribution in [0, 0.1) is 0 Å². The zero-order valence-corrected chi connectivity index (χ0v) is 22.8. The van der Waals surface area contributed by atoms with Gasteiger partial charge in [-0.1, -0.05) is 17.1 Å². The van der Waals surface area contributed by atoms with Crippen LogP contribution < -0.4 is 0 Å². The fourth-order valence-electron chi connectivity index (χ4n) is 2.11. The van der Waals surface area contributed by atoms with Gasteiger partial charge in [0.05, 0.1) is 0 Å². The van der Waals surface area contributed by atoms with Crippen molar-refractivity contribution in [3.8, 4) is 0 Å². The molecule has 0 N–H and O–H groups in total. The summed E-state index contributed by atoms with van der Waals surface area (Å²) in [6, 6.07) is 0. The fraction of sp³-hybridized carbons (Fsp3) is 0.600. The maximum atomic E-state index is 6.41. The van der Waals surface area contributed by atoms with Gasteiger partial charge in [-0.25, -0.2) is 0 Å². The lowest BCUT2D eigenvalue weighted by Gasteiger charge is -2.41. The van der Waals surface area contributed by atoms with Crippen molar-refractivity contribution in [2.24, 2.45) is 0 Å². The predicted molar refractivity (Wildman–Crippen MR) is 119 cm³/mol. The maximum Gasteiger partial charge on any atom is 0.659 e. The van der Waals surface area contributed by atoms with Gasteiger partial charge in [-0.05, 0) is 45.8 Å². The minimum atomic E-state index is -3.36. The number of hydrogen-bond acceptors (Lipinski definition) is 6. The van der Waals surface area contributed by atoms with Gasteiger partial charge in [0.2, 0.25) is 8.32 Å². The van der Waals surface area contributed by atoms with E-state index in [2.05, 4.69) is 32.8 Å². The summed E-state index contributed by atoms with van der Waals surface area (Å²) in [7, 11) is -9.95. The van der Waals surface area contributed by atoms with E-state index >= 15 is 0 Å². The van der Waals surface area contributed by atoms with Crippen molar-refractivity contribution in [3.63, 3.8) is 0 Å². The molecule has 0 aromatic heterocycles. The summed E-state index contributed by atoms with van der Waals surface area (Å²) < 4.78 is 36.3. The summed E-state index contributed by atoms with van der Waals surface area (Å²) in [5.41, 5.74) is 5.47. The lowest BCUT2D eigenvalue weighted by molar-refractivity contribution is 0.0684. The van der Waals surface area contributed by atoms with Crippen LogP contribution in [0.25, 0.3) is 0 Å². The third kappa shape index (κ3) is 8.39. The van der Waals surface area contributed by atoms with Gasteiger partial charge in [0.1, 0.15) is 0 Å². The average Bonchev–Trinajstić information content (AvgIpc) is 2.52. The van der Waals surface area contributed by atoms with Crippen molar-refractivity contribution < 1.29 is 25.3 Å². The van der Waals surface area contributed by atoms with E-state index in [9.17, 15) is 0 Å². The third-order valence-electron chi connectivity index (χ3n) is 3.53. The van der Waals surface area contributed by atoms with Crippen molar-refractivity contribution >= 4 is 42.8 Å². The molecule has 6 nitrogen and oxygen atoms in total. The Morgan fingerprint density at radius 2 is 1.00 bits per heavy atom. The second-order valence-corrected chi connectivity index (χ2v) is 25.1. The molecule has 0 spiro atoms. The highest BCUT2D eigenvalue weighted by atomic mass is 28.5. The van der Waals surface area contributed by atoms with Gasteiger partial charge in [0, 0.05) is 14.2 Å². The molecule has 11 heteroatoms. The molecule has 0 radical (unpaired) electrons. The van der Waals surface area contributed by atoms with Crippen LogP contribution in [-0.4, -0.2) is 57.0 Å². The van der Waals surface area contributed by atoms with Crippen LogP contribution in [0.15, 0.2) is 36.8 Å². The molecule has 0 amide bonds. The summed E-state index contributed by atoms with van der Waals surface area (Å²) in [5.74, 6) is 0. The largest absolute Gasteiger partial charge is 0.659 e. The number of rotatable bonds is 13. The molecular weight excluding hydrogens is 417 g/mol. The van der Waals surface area contributed by atoms with E-state index in [1.165, 1.54) is 14.2 Å².